The highest BCUT2D eigenvalue weighted by Crippen LogP contribution is 1.91. The van der Waals surface area contributed by atoms with E-state index >= 15 is 0 Å². The molecule has 0 aromatic carbocycles. The minimum atomic E-state index is 0.341. The maximum atomic E-state index is 5.41. The number of rotatable bonds is 6. The average molecular weight is 185 g/mol. The lowest BCUT2D eigenvalue weighted by atomic mass is 10.4. The molecule has 0 unspecified atom stereocenters. The van der Waals surface area contributed by atoms with Gasteiger partial charge in [0.2, 0.25) is 0 Å². The molecule has 0 radical (unpaired) electrons. The Kier molecular flexibility index (Phi) is 4.78. The zero-order valence-corrected chi connectivity index (χ0v) is 8.49. The summed E-state index contributed by atoms with van der Waals surface area (Å²) in [6.45, 7) is 7.80. The van der Waals surface area contributed by atoms with E-state index in [1.54, 1.807) is 0 Å². The lowest BCUT2D eigenvalue weighted by Crippen LogP contribution is -2.36. The average Bonchev–Trinajstić information content (AvgIpc) is 2.55. The van der Waals surface area contributed by atoms with Gasteiger partial charge in [0.15, 0.2) is 0 Å². The Morgan fingerprint density at radius 1 is 1.62 bits per heavy atom. The van der Waals surface area contributed by atoms with Crippen LogP contribution in [0, 0.1) is 0 Å². The molecular weight excluding hydrogens is 166 g/mol. The predicted octanol–water partition coefficient (Wildman–Crippen LogP) is 0.650. The molecule has 0 spiro atoms. The van der Waals surface area contributed by atoms with Crippen molar-refractivity contribution in [2.75, 3.05) is 26.2 Å². The topological polar surface area (TPSA) is 36.9 Å². The fraction of sp³-hybridized carbons (Fsp3) is 0.889. The van der Waals surface area contributed by atoms with E-state index < -0.39 is 0 Å². The first kappa shape index (κ1) is 10.5. The molecule has 4 heteroatoms. The molecule has 0 aromatic heterocycles. The van der Waals surface area contributed by atoms with Gasteiger partial charge in [-0.05, 0) is 20.3 Å². The zero-order valence-electron chi connectivity index (χ0n) is 8.49. The third-order valence-electron chi connectivity index (χ3n) is 1.78. The molecule has 1 aliphatic rings. The second-order valence-corrected chi connectivity index (χ2v) is 3.40. The van der Waals surface area contributed by atoms with E-state index in [9.17, 15) is 0 Å². The molecule has 0 aliphatic carbocycles. The van der Waals surface area contributed by atoms with Crippen LogP contribution in [0.1, 0.15) is 20.3 Å². The van der Waals surface area contributed by atoms with Crippen molar-refractivity contribution in [1.29, 1.82) is 0 Å². The van der Waals surface area contributed by atoms with Crippen LogP contribution in [0.3, 0.4) is 0 Å². The van der Waals surface area contributed by atoms with Crippen LogP contribution in [-0.2, 0) is 4.74 Å². The van der Waals surface area contributed by atoms with E-state index in [0.29, 0.717) is 6.10 Å². The Labute approximate surface area is 79.9 Å². The Balaban J connectivity index is 1.86. The molecule has 1 N–H and O–H groups in total. The normalized spacial score (nSPS) is 16.1. The SMILES string of the molecule is CC(C)OCCCNN1C=NCC1. The van der Waals surface area contributed by atoms with Crippen molar-refractivity contribution in [1.82, 2.24) is 10.4 Å². The quantitative estimate of drug-likeness (QED) is 0.617. The van der Waals surface area contributed by atoms with Gasteiger partial charge >= 0.3 is 0 Å². The second-order valence-electron chi connectivity index (χ2n) is 3.40. The third-order valence-corrected chi connectivity index (χ3v) is 1.78. The third kappa shape index (κ3) is 4.85. The summed E-state index contributed by atoms with van der Waals surface area (Å²) in [5.41, 5.74) is 3.26. The van der Waals surface area contributed by atoms with Crippen molar-refractivity contribution in [3.05, 3.63) is 0 Å². The summed E-state index contributed by atoms with van der Waals surface area (Å²) in [4.78, 5) is 4.10. The van der Waals surface area contributed by atoms with Gasteiger partial charge in [0.1, 0.15) is 0 Å². The molecule has 0 amide bonds. The van der Waals surface area contributed by atoms with Gasteiger partial charge in [0, 0.05) is 13.2 Å². The van der Waals surface area contributed by atoms with Crippen molar-refractivity contribution < 1.29 is 4.74 Å². The maximum absolute atomic E-state index is 5.41. The van der Waals surface area contributed by atoms with Crippen LogP contribution < -0.4 is 5.43 Å². The van der Waals surface area contributed by atoms with Crippen molar-refractivity contribution in [2.45, 2.75) is 26.4 Å². The number of hydrogen-bond acceptors (Lipinski definition) is 4. The highest BCUT2D eigenvalue weighted by molar-refractivity contribution is 5.56. The molecule has 1 heterocycles. The molecule has 76 valence electrons. The van der Waals surface area contributed by atoms with Crippen LogP contribution in [0.25, 0.3) is 0 Å². The monoisotopic (exact) mass is 185 g/mol. The van der Waals surface area contributed by atoms with Crippen LogP contribution in [0.5, 0.6) is 0 Å². The van der Waals surface area contributed by atoms with Gasteiger partial charge in [-0.3, -0.25) is 10.0 Å². The molecule has 1 rings (SSSR count). The van der Waals surface area contributed by atoms with E-state index in [0.717, 1.165) is 32.7 Å². The van der Waals surface area contributed by atoms with Crippen molar-refractivity contribution >= 4 is 6.34 Å². The molecule has 4 nitrogen and oxygen atoms in total. The number of hydrazine groups is 1. The van der Waals surface area contributed by atoms with Crippen molar-refractivity contribution in [3.8, 4) is 0 Å². The molecular formula is C9H19N3O. The van der Waals surface area contributed by atoms with Gasteiger partial charge < -0.3 is 4.74 Å². The maximum Gasteiger partial charge on any atom is 0.0993 e. The van der Waals surface area contributed by atoms with Crippen LogP contribution >= 0.6 is 0 Å². The smallest absolute Gasteiger partial charge is 0.0993 e. The zero-order chi connectivity index (χ0) is 9.52. The van der Waals surface area contributed by atoms with Gasteiger partial charge in [0.05, 0.1) is 25.5 Å². The summed E-state index contributed by atoms with van der Waals surface area (Å²) in [7, 11) is 0. The van der Waals surface area contributed by atoms with Gasteiger partial charge in [-0.1, -0.05) is 0 Å². The minimum Gasteiger partial charge on any atom is -0.379 e. The lowest BCUT2D eigenvalue weighted by molar-refractivity contribution is 0.0752. The van der Waals surface area contributed by atoms with E-state index in [-0.39, 0.29) is 0 Å². The minimum absolute atomic E-state index is 0.341. The highest BCUT2D eigenvalue weighted by atomic mass is 16.5. The summed E-state index contributed by atoms with van der Waals surface area (Å²) < 4.78 is 5.41. The van der Waals surface area contributed by atoms with Crippen LogP contribution in [0.2, 0.25) is 0 Å². The number of nitrogens with zero attached hydrogens (tertiary/aromatic N) is 2. The number of aliphatic imine (C=N–C) groups is 1. The summed E-state index contributed by atoms with van der Waals surface area (Å²) in [6, 6.07) is 0. The molecule has 0 bridgehead atoms. The van der Waals surface area contributed by atoms with E-state index in [1.807, 2.05) is 11.3 Å². The predicted molar refractivity (Wildman–Crippen MR) is 53.8 cm³/mol. The van der Waals surface area contributed by atoms with E-state index in [2.05, 4.69) is 24.3 Å². The highest BCUT2D eigenvalue weighted by Gasteiger charge is 2.02. The Morgan fingerprint density at radius 3 is 3.08 bits per heavy atom. The van der Waals surface area contributed by atoms with Crippen molar-refractivity contribution in [2.24, 2.45) is 4.99 Å². The first-order valence-electron chi connectivity index (χ1n) is 4.91. The molecule has 0 saturated heterocycles. The standard InChI is InChI=1S/C9H19N3O/c1-9(2)13-7-3-4-11-12-6-5-10-8-12/h8-9,11H,3-7H2,1-2H3. The summed E-state index contributed by atoms with van der Waals surface area (Å²) in [5, 5.41) is 2.02. The Bertz CT molecular complexity index is 159. The van der Waals surface area contributed by atoms with Crippen LogP contribution in [0.15, 0.2) is 4.99 Å². The van der Waals surface area contributed by atoms with E-state index in [4.69, 9.17) is 4.74 Å². The molecule has 0 aromatic rings. The summed E-state index contributed by atoms with van der Waals surface area (Å²) in [6.07, 6.45) is 3.24. The molecule has 0 fully saturated rings. The van der Waals surface area contributed by atoms with E-state index in [1.165, 1.54) is 0 Å². The first-order valence-corrected chi connectivity index (χ1v) is 4.91. The molecule has 0 atom stereocenters. The summed E-state index contributed by atoms with van der Waals surface area (Å²) in [5.74, 6) is 0. The largest absolute Gasteiger partial charge is 0.379 e. The molecule has 13 heavy (non-hydrogen) atoms. The van der Waals surface area contributed by atoms with Crippen molar-refractivity contribution in [3.63, 3.8) is 0 Å². The van der Waals surface area contributed by atoms with Gasteiger partial charge in [-0.25, -0.2) is 5.43 Å². The van der Waals surface area contributed by atoms with Gasteiger partial charge in [0.25, 0.3) is 0 Å². The van der Waals surface area contributed by atoms with Gasteiger partial charge in [-0.2, -0.15) is 0 Å². The first-order chi connectivity index (χ1) is 6.29. The molecule has 1 aliphatic heterocycles. The number of nitrogens with one attached hydrogen (secondary N) is 1. The molecule has 0 saturated carbocycles. The fourth-order valence-corrected chi connectivity index (χ4v) is 1.11. The summed E-state index contributed by atoms with van der Waals surface area (Å²) >= 11 is 0. The van der Waals surface area contributed by atoms with Crippen LogP contribution in [0.4, 0.5) is 0 Å². The Hall–Kier alpha value is -0.610. The van der Waals surface area contributed by atoms with Gasteiger partial charge in [-0.15, -0.1) is 0 Å². The number of hydrogen-bond donors (Lipinski definition) is 1. The second kappa shape index (κ2) is 5.94. The fourth-order valence-electron chi connectivity index (χ4n) is 1.11. The Morgan fingerprint density at radius 2 is 2.46 bits per heavy atom. The lowest BCUT2D eigenvalue weighted by Gasteiger charge is -2.15. The number of ether oxygens (including phenoxy) is 1. The van der Waals surface area contributed by atoms with Crippen LogP contribution in [-0.4, -0.2) is 43.7 Å².